The van der Waals surface area contributed by atoms with Crippen LogP contribution in [0.1, 0.15) is 43.7 Å². The molecular weight excluding hydrogens is 328 g/mol. The van der Waals surface area contributed by atoms with E-state index < -0.39 is 11.6 Å². The van der Waals surface area contributed by atoms with Gasteiger partial charge < -0.3 is 20.5 Å². The van der Waals surface area contributed by atoms with Crippen LogP contribution in [0.4, 0.5) is 0 Å². The number of rotatable bonds is 5. The van der Waals surface area contributed by atoms with Crippen LogP contribution in [0.2, 0.25) is 5.02 Å². The Bertz CT molecular complexity index is 608. The number of hydrogen-bond acceptors (Lipinski definition) is 4. The largest absolute Gasteiger partial charge is 0.395 e. The molecule has 5 nitrogen and oxygen atoms in total. The summed E-state index contributed by atoms with van der Waals surface area (Å²) in [6.45, 7) is 4.60. The van der Waals surface area contributed by atoms with Crippen LogP contribution in [0.15, 0.2) is 18.2 Å². The van der Waals surface area contributed by atoms with Gasteiger partial charge in [0, 0.05) is 11.6 Å². The lowest BCUT2D eigenvalue weighted by Gasteiger charge is -2.33. The number of nitrogens with one attached hydrogen (secondary N) is 2. The lowest BCUT2D eigenvalue weighted by molar-refractivity contribution is -0.137. The van der Waals surface area contributed by atoms with Crippen molar-refractivity contribution in [2.24, 2.45) is 0 Å². The third kappa shape index (κ3) is 3.91. The van der Waals surface area contributed by atoms with Crippen molar-refractivity contribution < 1.29 is 14.6 Å². The standard InChI is InChI=1S/C18H25ClN2O3/c1-18(2,14-6-5-12(7-15(14)19)11-3-4-11)21-17(23)16-8-20-13(9-22)10-24-16/h5-7,11,13,16,20,22H,3-4,8-10H2,1-2H3,(H,21,23)/t13-,16+/m1/s1. The SMILES string of the molecule is CC(C)(NC(=O)[C@@H]1CN[C@H](CO)CO1)c1ccc(C2CC2)cc1Cl. The predicted molar refractivity (Wildman–Crippen MR) is 93.2 cm³/mol. The summed E-state index contributed by atoms with van der Waals surface area (Å²) in [4.78, 5) is 12.5. The van der Waals surface area contributed by atoms with Gasteiger partial charge in [0.25, 0.3) is 5.91 Å². The van der Waals surface area contributed by atoms with Gasteiger partial charge in [-0.3, -0.25) is 4.79 Å². The molecule has 1 heterocycles. The van der Waals surface area contributed by atoms with Gasteiger partial charge in [0.1, 0.15) is 6.10 Å². The number of amides is 1. The van der Waals surface area contributed by atoms with Crippen molar-refractivity contribution in [2.45, 2.75) is 50.3 Å². The number of ether oxygens (including phenoxy) is 1. The van der Waals surface area contributed by atoms with Crippen molar-refractivity contribution in [3.63, 3.8) is 0 Å². The fourth-order valence-corrected chi connectivity index (χ4v) is 3.50. The molecule has 1 aromatic carbocycles. The highest BCUT2D eigenvalue weighted by Crippen LogP contribution is 2.42. The zero-order chi connectivity index (χ0) is 17.3. The van der Waals surface area contributed by atoms with Crippen LogP contribution >= 0.6 is 11.6 Å². The molecular formula is C18H25ClN2O3. The highest BCUT2D eigenvalue weighted by molar-refractivity contribution is 6.31. The number of carbonyl (C=O) groups excluding carboxylic acids is 1. The molecule has 3 rings (SSSR count). The quantitative estimate of drug-likeness (QED) is 0.757. The van der Waals surface area contributed by atoms with Crippen molar-refractivity contribution in [1.29, 1.82) is 0 Å². The van der Waals surface area contributed by atoms with E-state index >= 15 is 0 Å². The van der Waals surface area contributed by atoms with E-state index in [1.165, 1.54) is 18.4 Å². The Labute approximate surface area is 147 Å². The first kappa shape index (κ1) is 17.7. The van der Waals surface area contributed by atoms with Crippen LogP contribution in [-0.4, -0.2) is 42.9 Å². The number of aliphatic hydroxyl groups excluding tert-OH is 1. The van der Waals surface area contributed by atoms with E-state index in [0.717, 1.165) is 5.56 Å². The van der Waals surface area contributed by atoms with E-state index in [9.17, 15) is 4.79 Å². The highest BCUT2D eigenvalue weighted by atomic mass is 35.5. The van der Waals surface area contributed by atoms with E-state index in [1.54, 1.807) is 0 Å². The monoisotopic (exact) mass is 352 g/mol. The Morgan fingerprint density at radius 3 is 2.75 bits per heavy atom. The molecule has 1 saturated carbocycles. The minimum atomic E-state index is -0.590. The molecule has 1 amide bonds. The maximum atomic E-state index is 12.5. The molecule has 6 heteroatoms. The van der Waals surface area contributed by atoms with E-state index in [1.807, 2.05) is 26.0 Å². The van der Waals surface area contributed by atoms with Crippen LogP contribution in [0, 0.1) is 0 Å². The molecule has 2 aliphatic rings. The zero-order valence-electron chi connectivity index (χ0n) is 14.1. The van der Waals surface area contributed by atoms with Crippen LogP contribution in [0.5, 0.6) is 0 Å². The average molecular weight is 353 g/mol. The van der Waals surface area contributed by atoms with E-state index in [-0.39, 0.29) is 18.6 Å². The van der Waals surface area contributed by atoms with Gasteiger partial charge in [0.15, 0.2) is 0 Å². The summed E-state index contributed by atoms with van der Waals surface area (Å²) in [5.74, 6) is 0.474. The third-order valence-electron chi connectivity index (χ3n) is 4.75. The van der Waals surface area contributed by atoms with Gasteiger partial charge in [0.05, 0.1) is 24.8 Å². The third-order valence-corrected chi connectivity index (χ3v) is 5.07. The van der Waals surface area contributed by atoms with Gasteiger partial charge in [-0.1, -0.05) is 23.7 Å². The molecule has 1 aromatic rings. The fourth-order valence-electron chi connectivity index (χ4n) is 3.07. The van der Waals surface area contributed by atoms with Gasteiger partial charge in [-0.2, -0.15) is 0 Å². The molecule has 2 fully saturated rings. The topological polar surface area (TPSA) is 70.6 Å². The average Bonchev–Trinajstić information content (AvgIpc) is 3.39. The molecule has 0 unspecified atom stereocenters. The summed E-state index contributed by atoms with van der Waals surface area (Å²) in [6.07, 6.45) is 1.91. The minimum absolute atomic E-state index is 0.00276. The van der Waals surface area contributed by atoms with Crippen molar-refractivity contribution in [2.75, 3.05) is 19.8 Å². The van der Waals surface area contributed by atoms with Gasteiger partial charge in [-0.25, -0.2) is 0 Å². The second kappa shape index (κ2) is 7.00. The second-order valence-electron chi connectivity index (χ2n) is 7.24. The van der Waals surface area contributed by atoms with Crippen LogP contribution in [0.25, 0.3) is 0 Å². The Hall–Kier alpha value is -1.14. The Kier molecular flexibility index (Phi) is 5.16. The summed E-state index contributed by atoms with van der Waals surface area (Å²) in [5, 5.41) is 15.9. The Morgan fingerprint density at radius 2 is 2.21 bits per heavy atom. The number of aliphatic hydroxyl groups is 1. The van der Waals surface area contributed by atoms with Gasteiger partial charge >= 0.3 is 0 Å². The van der Waals surface area contributed by atoms with E-state index in [4.69, 9.17) is 21.4 Å². The van der Waals surface area contributed by atoms with Crippen molar-refractivity contribution in [3.05, 3.63) is 34.3 Å². The Morgan fingerprint density at radius 1 is 1.46 bits per heavy atom. The number of benzene rings is 1. The van der Waals surface area contributed by atoms with Gasteiger partial charge in [-0.05, 0) is 49.8 Å². The van der Waals surface area contributed by atoms with Crippen LogP contribution in [0.3, 0.4) is 0 Å². The highest BCUT2D eigenvalue weighted by Gasteiger charge is 2.32. The molecule has 132 valence electrons. The molecule has 3 N–H and O–H groups in total. The second-order valence-corrected chi connectivity index (χ2v) is 7.64. The first-order chi connectivity index (χ1) is 11.4. The molecule has 0 aromatic heterocycles. The summed E-state index contributed by atoms with van der Waals surface area (Å²) in [6, 6.07) is 6.04. The van der Waals surface area contributed by atoms with Crippen LogP contribution < -0.4 is 10.6 Å². The molecule has 0 radical (unpaired) electrons. The molecule has 1 aliphatic carbocycles. The lowest BCUT2D eigenvalue weighted by atomic mass is 9.92. The van der Waals surface area contributed by atoms with Crippen molar-refractivity contribution in [1.82, 2.24) is 10.6 Å². The summed E-state index contributed by atoms with van der Waals surface area (Å²) in [5.41, 5.74) is 1.59. The molecule has 1 aliphatic heterocycles. The number of carbonyl (C=O) groups is 1. The zero-order valence-corrected chi connectivity index (χ0v) is 14.9. The maximum Gasteiger partial charge on any atom is 0.251 e. The number of hydrogen-bond donors (Lipinski definition) is 3. The van der Waals surface area contributed by atoms with Crippen molar-refractivity contribution in [3.8, 4) is 0 Å². The molecule has 2 atom stereocenters. The number of halogens is 1. The van der Waals surface area contributed by atoms with Crippen molar-refractivity contribution >= 4 is 17.5 Å². The summed E-state index contributed by atoms with van der Waals surface area (Å²) in [7, 11) is 0. The summed E-state index contributed by atoms with van der Waals surface area (Å²) >= 11 is 6.47. The molecule has 0 spiro atoms. The van der Waals surface area contributed by atoms with E-state index in [0.29, 0.717) is 24.1 Å². The number of morpholine rings is 1. The maximum absolute atomic E-state index is 12.5. The van der Waals surface area contributed by atoms with Gasteiger partial charge in [-0.15, -0.1) is 0 Å². The lowest BCUT2D eigenvalue weighted by Crippen LogP contribution is -2.56. The first-order valence-corrected chi connectivity index (χ1v) is 8.86. The predicted octanol–water partition coefficient (Wildman–Crippen LogP) is 1.92. The Balaban J connectivity index is 1.65. The fraction of sp³-hybridized carbons (Fsp3) is 0.611. The smallest absolute Gasteiger partial charge is 0.251 e. The summed E-state index contributed by atoms with van der Waals surface area (Å²) < 4.78 is 5.55. The first-order valence-electron chi connectivity index (χ1n) is 8.48. The molecule has 24 heavy (non-hydrogen) atoms. The van der Waals surface area contributed by atoms with Crippen LogP contribution in [-0.2, 0) is 15.1 Å². The minimum Gasteiger partial charge on any atom is -0.395 e. The molecule has 0 bridgehead atoms. The normalized spacial score (nSPS) is 24.7. The molecule has 1 saturated heterocycles. The van der Waals surface area contributed by atoms with E-state index in [2.05, 4.69) is 16.7 Å². The van der Waals surface area contributed by atoms with Gasteiger partial charge in [0.2, 0.25) is 0 Å².